The average Bonchev–Trinajstić information content (AvgIpc) is 3.20. The van der Waals surface area contributed by atoms with E-state index in [0.717, 1.165) is 28.8 Å². The number of nitrogens with one attached hydrogen (secondary N) is 1. The highest BCUT2D eigenvalue weighted by Gasteiger charge is 2.23. The van der Waals surface area contributed by atoms with Gasteiger partial charge < -0.3 is 14.6 Å². The van der Waals surface area contributed by atoms with Gasteiger partial charge >= 0.3 is 0 Å². The van der Waals surface area contributed by atoms with Crippen molar-refractivity contribution in [3.8, 4) is 17.3 Å². The number of carbonyl (C=O) groups is 1. The number of amides is 1. The van der Waals surface area contributed by atoms with E-state index in [-0.39, 0.29) is 17.5 Å². The Kier molecular flexibility index (Phi) is 5.57. The van der Waals surface area contributed by atoms with Gasteiger partial charge in [0, 0.05) is 29.2 Å². The van der Waals surface area contributed by atoms with E-state index >= 15 is 0 Å². The zero-order valence-electron chi connectivity index (χ0n) is 16.5. The number of pyridine rings is 1. The van der Waals surface area contributed by atoms with E-state index in [4.69, 9.17) is 17.0 Å². The molecule has 3 heterocycles. The standard InChI is InChI=1S/C21H16N4O4S2/c1-12-9-14(10-18-20(26)23-21(30)31-18)13(2)24(12)15-3-6-17(7-4-15)29-19-8-5-16(11-22-19)25(27)28/h3-11H,1-2H3,(H,23,26,30)/b18-10-. The summed E-state index contributed by atoms with van der Waals surface area (Å²) in [6.07, 6.45) is 3.00. The molecule has 0 radical (unpaired) electrons. The molecule has 10 heteroatoms. The van der Waals surface area contributed by atoms with Gasteiger partial charge in [0.25, 0.3) is 11.6 Å². The molecule has 0 saturated carbocycles. The lowest BCUT2D eigenvalue weighted by Gasteiger charge is -2.11. The number of aryl methyl sites for hydroxylation is 1. The molecule has 1 saturated heterocycles. The summed E-state index contributed by atoms with van der Waals surface area (Å²) in [6, 6.07) is 12.2. The predicted molar refractivity (Wildman–Crippen MR) is 123 cm³/mol. The van der Waals surface area contributed by atoms with Gasteiger partial charge in [-0.3, -0.25) is 14.9 Å². The van der Waals surface area contributed by atoms with E-state index in [2.05, 4.69) is 14.9 Å². The number of rotatable bonds is 5. The molecule has 8 nitrogen and oxygen atoms in total. The van der Waals surface area contributed by atoms with E-state index in [0.29, 0.717) is 15.0 Å². The summed E-state index contributed by atoms with van der Waals surface area (Å²) in [6.45, 7) is 3.98. The number of ether oxygens (including phenoxy) is 1. The number of thioether (sulfide) groups is 1. The molecule has 156 valence electrons. The van der Waals surface area contributed by atoms with Crippen LogP contribution >= 0.6 is 24.0 Å². The van der Waals surface area contributed by atoms with Crippen LogP contribution in [0.5, 0.6) is 11.6 Å². The maximum Gasteiger partial charge on any atom is 0.287 e. The van der Waals surface area contributed by atoms with Gasteiger partial charge in [0.15, 0.2) is 0 Å². The summed E-state index contributed by atoms with van der Waals surface area (Å²) in [5.41, 5.74) is 3.78. The van der Waals surface area contributed by atoms with Crippen LogP contribution in [0.25, 0.3) is 11.8 Å². The molecule has 1 aliphatic rings. The van der Waals surface area contributed by atoms with Crippen LogP contribution in [0.2, 0.25) is 0 Å². The van der Waals surface area contributed by atoms with Crippen LogP contribution in [0.3, 0.4) is 0 Å². The van der Waals surface area contributed by atoms with Gasteiger partial charge in [-0.15, -0.1) is 0 Å². The normalized spacial score (nSPS) is 14.7. The van der Waals surface area contributed by atoms with Crippen molar-refractivity contribution in [3.63, 3.8) is 0 Å². The van der Waals surface area contributed by atoms with E-state index in [1.807, 2.05) is 38.1 Å². The number of benzene rings is 1. The van der Waals surface area contributed by atoms with Crippen molar-refractivity contribution in [3.05, 3.63) is 80.6 Å². The molecule has 2 aromatic heterocycles. The maximum atomic E-state index is 12.0. The number of aromatic nitrogens is 2. The van der Waals surface area contributed by atoms with Crippen LogP contribution in [0.15, 0.2) is 53.6 Å². The smallest absolute Gasteiger partial charge is 0.287 e. The molecule has 1 amide bonds. The second kappa shape index (κ2) is 8.32. The summed E-state index contributed by atoms with van der Waals surface area (Å²) < 4.78 is 8.21. The van der Waals surface area contributed by atoms with Gasteiger partial charge in [0.2, 0.25) is 5.88 Å². The minimum Gasteiger partial charge on any atom is -0.439 e. The molecule has 3 aromatic rings. The molecule has 1 aliphatic heterocycles. The van der Waals surface area contributed by atoms with Gasteiger partial charge in [-0.1, -0.05) is 24.0 Å². The van der Waals surface area contributed by atoms with Crippen LogP contribution in [-0.2, 0) is 4.79 Å². The zero-order chi connectivity index (χ0) is 22.1. The Bertz CT molecular complexity index is 1230. The fourth-order valence-corrected chi connectivity index (χ4v) is 4.25. The molecule has 0 atom stereocenters. The summed E-state index contributed by atoms with van der Waals surface area (Å²) in [7, 11) is 0. The highest BCUT2D eigenvalue weighted by molar-refractivity contribution is 8.26. The quantitative estimate of drug-likeness (QED) is 0.260. The van der Waals surface area contributed by atoms with Crippen molar-refractivity contribution in [1.29, 1.82) is 0 Å². The molecule has 4 rings (SSSR count). The van der Waals surface area contributed by atoms with Crippen LogP contribution in [0.1, 0.15) is 17.0 Å². The molecule has 0 aliphatic carbocycles. The van der Waals surface area contributed by atoms with Crippen molar-refractivity contribution < 1.29 is 14.5 Å². The van der Waals surface area contributed by atoms with Crippen molar-refractivity contribution in [2.45, 2.75) is 13.8 Å². The SMILES string of the molecule is Cc1cc(/C=C2\SC(=S)NC2=O)c(C)n1-c1ccc(Oc2ccc([N+](=O)[O-])cn2)cc1. The average molecular weight is 453 g/mol. The molecular formula is C21H16N4O4S2. The summed E-state index contributed by atoms with van der Waals surface area (Å²) >= 11 is 6.30. The third-order valence-corrected chi connectivity index (χ3v) is 5.81. The first kappa shape index (κ1) is 20.8. The molecule has 0 spiro atoms. The molecule has 1 fully saturated rings. The number of nitrogens with zero attached hydrogens (tertiary/aromatic N) is 3. The first-order valence-electron chi connectivity index (χ1n) is 9.14. The lowest BCUT2D eigenvalue weighted by atomic mass is 10.2. The lowest BCUT2D eigenvalue weighted by molar-refractivity contribution is -0.385. The van der Waals surface area contributed by atoms with Crippen LogP contribution in [-0.4, -0.2) is 24.7 Å². The Hall–Kier alpha value is -3.50. The van der Waals surface area contributed by atoms with Crippen molar-refractivity contribution in [2.75, 3.05) is 0 Å². The molecule has 1 N–H and O–H groups in total. The second-order valence-corrected chi connectivity index (χ2v) is 8.44. The minimum absolute atomic E-state index is 0.0951. The van der Waals surface area contributed by atoms with Crippen LogP contribution < -0.4 is 10.1 Å². The first-order chi connectivity index (χ1) is 14.8. The fourth-order valence-electron chi connectivity index (χ4n) is 3.22. The van der Waals surface area contributed by atoms with Crippen LogP contribution in [0.4, 0.5) is 5.69 Å². The highest BCUT2D eigenvalue weighted by atomic mass is 32.2. The van der Waals surface area contributed by atoms with Gasteiger partial charge in [-0.25, -0.2) is 4.98 Å². The third kappa shape index (κ3) is 4.35. The molecule has 0 bridgehead atoms. The number of hydrogen-bond acceptors (Lipinski definition) is 7. The van der Waals surface area contributed by atoms with Gasteiger partial charge in [0.1, 0.15) is 16.3 Å². The van der Waals surface area contributed by atoms with E-state index < -0.39 is 4.92 Å². The zero-order valence-corrected chi connectivity index (χ0v) is 18.1. The van der Waals surface area contributed by atoms with Crippen molar-refractivity contribution >= 4 is 46.0 Å². The lowest BCUT2D eigenvalue weighted by Crippen LogP contribution is -2.17. The maximum absolute atomic E-state index is 12.0. The van der Waals surface area contributed by atoms with E-state index in [1.165, 1.54) is 23.9 Å². The van der Waals surface area contributed by atoms with E-state index in [9.17, 15) is 14.9 Å². The van der Waals surface area contributed by atoms with Crippen molar-refractivity contribution in [1.82, 2.24) is 14.9 Å². The first-order valence-corrected chi connectivity index (χ1v) is 10.4. The Balaban J connectivity index is 1.56. The second-order valence-electron chi connectivity index (χ2n) is 6.72. The topological polar surface area (TPSA) is 99.3 Å². The highest BCUT2D eigenvalue weighted by Crippen LogP contribution is 2.30. The van der Waals surface area contributed by atoms with Gasteiger partial charge in [0.05, 0.1) is 9.83 Å². The number of carbonyl (C=O) groups excluding carboxylic acids is 1. The number of hydrogen-bond donors (Lipinski definition) is 1. The summed E-state index contributed by atoms with van der Waals surface area (Å²) in [5.74, 6) is 0.648. The molecule has 0 unspecified atom stereocenters. The number of nitro groups is 1. The Morgan fingerprint density at radius 1 is 1.23 bits per heavy atom. The van der Waals surface area contributed by atoms with Gasteiger partial charge in [-0.05, 0) is 55.8 Å². The minimum atomic E-state index is -0.510. The summed E-state index contributed by atoms with van der Waals surface area (Å²) in [4.78, 5) is 26.7. The monoisotopic (exact) mass is 452 g/mol. The van der Waals surface area contributed by atoms with Gasteiger partial charge in [-0.2, -0.15) is 0 Å². The molecule has 31 heavy (non-hydrogen) atoms. The molecular weight excluding hydrogens is 436 g/mol. The largest absolute Gasteiger partial charge is 0.439 e. The van der Waals surface area contributed by atoms with E-state index in [1.54, 1.807) is 12.1 Å². The molecule has 1 aromatic carbocycles. The summed E-state index contributed by atoms with van der Waals surface area (Å²) in [5, 5.41) is 13.3. The Morgan fingerprint density at radius 3 is 2.55 bits per heavy atom. The fraction of sp³-hybridized carbons (Fsp3) is 0.0952. The third-order valence-electron chi connectivity index (χ3n) is 4.65. The Morgan fingerprint density at radius 2 is 1.97 bits per heavy atom. The van der Waals surface area contributed by atoms with Crippen LogP contribution in [0, 0.1) is 24.0 Å². The van der Waals surface area contributed by atoms with Crippen molar-refractivity contribution in [2.24, 2.45) is 0 Å². The number of thiocarbonyl (C=S) groups is 1. The Labute approximate surface area is 187 Å². The predicted octanol–water partition coefficient (Wildman–Crippen LogP) is 4.68.